The zero-order valence-corrected chi connectivity index (χ0v) is 13.7. The van der Waals surface area contributed by atoms with Crippen molar-refractivity contribution < 1.29 is 14.3 Å². The van der Waals surface area contributed by atoms with Crippen molar-refractivity contribution in [2.24, 2.45) is 0 Å². The lowest BCUT2D eigenvalue weighted by molar-refractivity contribution is 0.160. The smallest absolute Gasteiger partial charge is 0.411 e. The number of nitrogens with one attached hydrogen (secondary N) is 1. The van der Waals surface area contributed by atoms with Crippen molar-refractivity contribution in [1.29, 1.82) is 0 Å². The first-order valence-corrected chi connectivity index (χ1v) is 7.90. The topological polar surface area (TPSA) is 47.6 Å². The molecule has 4 heteroatoms. The zero-order chi connectivity index (χ0) is 16.5. The number of benzene rings is 2. The van der Waals surface area contributed by atoms with Gasteiger partial charge >= 0.3 is 6.09 Å². The lowest BCUT2D eigenvalue weighted by Crippen LogP contribution is -2.14. The van der Waals surface area contributed by atoms with Crippen LogP contribution in [0.5, 0.6) is 5.75 Å². The number of unbranched alkanes of at least 4 members (excludes halogenated alkanes) is 1. The molecule has 1 amide bonds. The second-order valence-electron chi connectivity index (χ2n) is 5.37. The SMILES string of the molecule is CCCCOC(=O)Nc1ccc(C)c(OCc2ccccc2)c1. The van der Waals surface area contributed by atoms with E-state index in [4.69, 9.17) is 9.47 Å². The van der Waals surface area contributed by atoms with Gasteiger partial charge in [0.25, 0.3) is 0 Å². The van der Waals surface area contributed by atoms with Gasteiger partial charge in [-0.3, -0.25) is 5.32 Å². The fraction of sp³-hybridized carbons (Fsp3) is 0.316. The Morgan fingerprint density at radius 1 is 1.13 bits per heavy atom. The van der Waals surface area contributed by atoms with Crippen molar-refractivity contribution >= 4 is 11.8 Å². The second-order valence-corrected chi connectivity index (χ2v) is 5.37. The summed E-state index contributed by atoms with van der Waals surface area (Å²) in [6, 6.07) is 15.5. The molecule has 0 heterocycles. The van der Waals surface area contributed by atoms with E-state index in [9.17, 15) is 4.79 Å². The van der Waals surface area contributed by atoms with Crippen molar-refractivity contribution in [2.45, 2.75) is 33.3 Å². The standard InChI is InChI=1S/C19H23NO3/c1-3-4-12-22-19(21)20-17-11-10-15(2)18(13-17)23-14-16-8-6-5-7-9-16/h5-11,13H,3-4,12,14H2,1-2H3,(H,20,21). The number of amides is 1. The van der Waals surface area contributed by atoms with E-state index in [1.165, 1.54) is 0 Å². The van der Waals surface area contributed by atoms with Crippen LogP contribution < -0.4 is 10.1 Å². The average molecular weight is 313 g/mol. The number of carbonyl (C=O) groups excluding carboxylic acids is 1. The third kappa shape index (κ3) is 5.66. The van der Waals surface area contributed by atoms with E-state index in [0.29, 0.717) is 18.9 Å². The maximum absolute atomic E-state index is 11.7. The highest BCUT2D eigenvalue weighted by Crippen LogP contribution is 2.23. The third-order valence-corrected chi connectivity index (χ3v) is 3.40. The van der Waals surface area contributed by atoms with Gasteiger partial charge < -0.3 is 9.47 Å². The molecule has 0 spiro atoms. The first-order valence-electron chi connectivity index (χ1n) is 7.90. The summed E-state index contributed by atoms with van der Waals surface area (Å²) >= 11 is 0. The van der Waals surface area contributed by atoms with Crippen LogP contribution in [0.1, 0.15) is 30.9 Å². The molecule has 0 aliphatic heterocycles. The molecule has 122 valence electrons. The number of carbonyl (C=O) groups is 1. The Bertz CT molecular complexity index is 626. The lowest BCUT2D eigenvalue weighted by Gasteiger charge is -2.12. The van der Waals surface area contributed by atoms with Gasteiger partial charge in [-0.1, -0.05) is 49.7 Å². The van der Waals surface area contributed by atoms with Crippen molar-refractivity contribution in [2.75, 3.05) is 11.9 Å². The zero-order valence-electron chi connectivity index (χ0n) is 13.7. The van der Waals surface area contributed by atoms with E-state index >= 15 is 0 Å². The van der Waals surface area contributed by atoms with Gasteiger partial charge in [0.1, 0.15) is 12.4 Å². The number of aryl methyl sites for hydroxylation is 1. The summed E-state index contributed by atoms with van der Waals surface area (Å²) in [4.78, 5) is 11.7. The minimum atomic E-state index is -0.434. The third-order valence-electron chi connectivity index (χ3n) is 3.40. The lowest BCUT2D eigenvalue weighted by atomic mass is 10.2. The van der Waals surface area contributed by atoms with Gasteiger partial charge in [-0.25, -0.2) is 4.79 Å². The van der Waals surface area contributed by atoms with Crippen LogP contribution in [0.25, 0.3) is 0 Å². The fourth-order valence-corrected chi connectivity index (χ4v) is 2.03. The molecule has 23 heavy (non-hydrogen) atoms. The molecule has 4 nitrogen and oxygen atoms in total. The summed E-state index contributed by atoms with van der Waals surface area (Å²) in [5.74, 6) is 0.750. The first kappa shape index (κ1) is 16.9. The molecule has 0 bridgehead atoms. The van der Waals surface area contributed by atoms with Crippen molar-refractivity contribution in [3.05, 3.63) is 59.7 Å². The second kappa shape index (κ2) is 8.83. The Morgan fingerprint density at radius 2 is 1.91 bits per heavy atom. The van der Waals surface area contributed by atoms with Gasteiger partial charge in [-0.05, 0) is 30.5 Å². The molecule has 0 saturated heterocycles. The average Bonchev–Trinajstić information content (AvgIpc) is 2.56. The molecular weight excluding hydrogens is 290 g/mol. The van der Waals surface area contributed by atoms with E-state index in [-0.39, 0.29) is 0 Å². The Morgan fingerprint density at radius 3 is 2.65 bits per heavy atom. The molecule has 0 atom stereocenters. The van der Waals surface area contributed by atoms with Crippen LogP contribution in [-0.2, 0) is 11.3 Å². The summed E-state index contributed by atoms with van der Waals surface area (Å²) in [6.45, 7) is 4.96. The van der Waals surface area contributed by atoms with Gasteiger partial charge in [0.15, 0.2) is 0 Å². The number of ether oxygens (including phenoxy) is 2. The van der Waals surface area contributed by atoms with Crippen molar-refractivity contribution in [3.8, 4) is 5.75 Å². The minimum absolute atomic E-state index is 0.434. The minimum Gasteiger partial charge on any atom is -0.489 e. The molecule has 2 rings (SSSR count). The Balaban J connectivity index is 1.94. The molecule has 0 aliphatic rings. The van der Waals surface area contributed by atoms with Crippen LogP contribution in [0.4, 0.5) is 10.5 Å². The van der Waals surface area contributed by atoms with Gasteiger partial charge in [0, 0.05) is 11.8 Å². The molecule has 1 N–H and O–H groups in total. The number of hydrogen-bond acceptors (Lipinski definition) is 3. The largest absolute Gasteiger partial charge is 0.489 e. The molecule has 0 saturated carbocycles. The van der Waals surface area contributed by atoms with Crippen LogP contribution in [0.2, 0.25) is 0 Å². The summed E-state index contributed by atoms with van der Waals surface area (Å²) in [5.41, 5.74) is 2.79. The van der Waals surface area contributed by atoms with Crippen molar-refractivity contribution in [3.63, 3.8) is 0 Å². The van der Waals surface area contributed by atoms with Crippen LogP contribution in [0.3, 0.4) is 0 Å². The summed E-state index contributed by atoms with van der Waals surface area (Å²) < 4.78 is 10.9. The van der Waals surface area contributed by atoms with Crippen LogP contribution in [-0.4, -0.2) is 12.7 Å². The molecule has 0 unspecified atom stereocenters. The Hall–Kier alpha value is -2.49. The van der Waals surface area contributed by atoms with E-state index in [1.54, 1.807) is 0 Å². The first-order chi connectivity index (χ1) is 11.2. The van der Waals surface area contributed by atoms with Gasteiger partial charge in [-0.15, -0.1) is 0 Å². The maximum Gasteiger partial charge on any atom is 0.411 e. The number of rotatable bonds is 7. The molecule has 2 aromatic rings. The fourth-order valence-electron chi connectivity index (χ4n) is 2.03. The monoisotopic (exact) mass is 313 g/mol. The summed E-state index contributed by atoms with van der Waals surface area (Å²) in [5, 5.41) is 2.73. The molecule has 0 aliphatic carbocycles. The van der Waals surface area contributed by atoms with Crippen LogP contribution in [0, 0.1) is 6.92 Å². The van der Waals surface area contributed by atoms with Crippen molar-refractivity contribution in [1.82, 2.24) is 0 Å². The van der Waals surface area contributed by atoms with E-state index in [0.717, 1.165) is 29.7 Å². The van der Waals surface area contributed by atoms with Gasteiger partial charge in [0.2, 0.25) is 0 Å². The number of hydrogen-bond donors (Lipinski definition) is 1. The van der Waals surface area contributed by atoms with Crippen LogP contribution in [0.15, 0.2) is 48.5 Å². The Labute approximate surface area is 137 Å². The van der Waals surface area contributed by atoms with Gasteiger partial charge in [0.05, 0.1) is 6.61 Å². The Kier molecular flexibility index (Phi) is 6.48. The normalized spacial score (nSPS) is 10.2. The molecule has 0 fully saturated rings. The predicted molar refractivity (Wildman–Crippen MR) is 91.8 cm³/mol. The maximum atomic E-state index is 11.7. The van der Waals surface area contributed by atoms with Gasteiger partial charge in [-0.2, -0.15) is 0 Å². The summed E-state index contributed by atoms with van der Waals surface area (Å²) in [7, 11) is 0. The summed E-state index contributed by atoms with van der Waals surface area (Å²) in [6.07, 6.45) is 1.43. The van der Waals surface area contributed by atoms with Crippen LogP contribution >= 0.6 is 0 Å². The molecular formula is C19H23NO3. The highest BCUT2D eigenvalue weighted by atomic mass is 16.5. The molecule has 0 aromatic heterocycles. The highest BCUT2D eigenvalue weighted by molar-refractivity contribution is 5.84. The molecule has 2 aromatic carbocycles. The number of anilines is 1. The molecule has 0 radical (unpaired) electrons. The quantitative estimate of drug-likeness (QED) is 0.738. The van der Waals surface area contributed by atoms with E-state index in [1.807, 2.05) is 55.5 Å². The van der Waals surface area contributed by atoms with E-state index in [2.05, 4.69) is 12.2 Å². The highest BCUT2D eigenvalue weighted by Gasteiger charge is 2.06. The van der Waals surface area contributed by atoms with E-state index < -0.39 is 6.09 Å². The predicted octanol–water partition coefficient (Wildman–Crippen LogP) is 4.92.